The summed E-state index contributed by atoms with van der Waals surface area (Å²) in [6.07, 6.45) is 4.97. The van der Waals surface area contributed by atoms with Gasteiger partial charge in [-0.3, -0.25) is 9.88 Å². The lowest BCUT2D eigenvalue weighted by Crippen LogP contribution is -2.23. The van der Waals surface area contributed by atoms with E-state index in [1.165, 1.54) is 29.9 Å². The Morgan fingerprint density at radius 1 is 1.30 bits per heavy atom. The summed E-state index contributed by atoms with van der Waals surface area (Å²) in [6, 6.07) is 6.40. The molecule has 1 unspecified atom stereocenters. The van der Waals surface area contributed by atoms with Crippen LogP contribution in [0.3, 0.4) is 0 Å². The lowest BCUT2D eigenvalue weighted by molar-refractivity contribution is 0.317. The average Bonchev–Trinajstić information content (AvgIpc) is 3.05. The normalized spacial score (nSPS) is 17.6. The topological polar surface area (TPSA) is 47.1 Å². The van der Waals surface area contributed by atoms with Crippen LogP contribution < -0.4 is 5.73 Å². The van der Waals surface area contributed by atoms with Gasteiger partial charge in [-0.15, -0.1) is 24.8 Å². The van der Waals surface area contributed by atoms with Crippen molar-refractivity contribution in [1.29, 1.82) is 0 Å². The predicted molar refractivity (Wildman–Crippen MR) is 100.0 cm³/mol. The molecule has 3 rings (SSSR count). The summed E-state index contributed by atoms with van der Waals surface area (Å²) in [5, 5.41) is 0. The molecule has 23 heavy (non-hydrogen) atoms. The molecular formula is C17H26Cl2N4. The van der Waals surface area contributed by atoms with E-state index in [0.29, 0.717) is 5.92 Å². The maximum Gasteiger partial charge on any atom is 0.0638 e. The molecule has 1 aliphatic heterocycles. The summed E-state index contributed by atoms with van der Waals surface area (Å²) in [4.78, 5) is 6.75. The summed E-state index contributed by atoms with van der Waals surface area (Å²) in [6.45, 7) is 8.50. The van der Waals surface area contributed by atoms with Crippen molar-refractivity contribution in [2.45, 2.75) is 26.8 Å². The first-order chi connectivity index (χ1) is 10.2. The van der Waals surface area contributed by atoms with E-state index in [4.69, 9.17) is 5.73 Å². The molecule has 0 aliphatic carbocycles. The number of hydrogen-bond donors (Lipinski definition) is 1. The van der Waals surface area contributed by atoms with Gasteiger partial charge in [0.25, 0.3) is 0 Å². The van der Waals surface area contributed by atoms with Crippen LogP contribution in [0.5, 0.6) is 0 Å². The van der Waals surface area contributed by atoms with Crippen molar-refractivity contribution >= 4 is 24.8 Å². The van der Waals surface area contributed by atoms with Crippen molar-refractivity contribution in [3.63, 3.8) is 0 Å². The molecule has 0 bridgehead atoms. The third kappa shape index (κ3) is 4.27. The molecule has 1 fully saturated rings. The van der Waals surface area contributed by atoms with E-state index in [1.807, 2.05) is 18.5 Å². The van der Waals surface area contributed by atoms with E-state index < -0.39 is 0 Å². The summed E-state index contributed by atoms with van der Waals surface area (Å²) < 4.78 is 2.29. The molecule has 128 valence electrons. The quantitative estimate of drug-likeness (QED) is 0.915. The highest BCUT2D eigenvalue weighted by molar-refractivity contribution is 5.85. The summed E-state index contributed by atoms with van der Waals surface area (Å²) in [5.41, 5.74) is 10.9. The highest BCUT2D eigenvalue weighted by Gasteiger charge is 2.22. The number of aryl methyl sites for hydroxylation is 1. The molecule has 0 amide bonds. The molecule has 2 N–H and O–H groups in total. The fourth-order valence-corrected chi connectivity index (χ4v) is 3.36. The number of likely N-dealkylation sites (tertiary alicyclic amines) is 1. The molecule has 6 heteroatoms. The number of nitrogens with two attached hydrogens (primary N) is 1. The van der Waals surface area contributed by atoms with E-state index in [-0.39, 0.29) is 24.8 Å². The van der Waals surface area contributed by atoms with Crippen molar-refractivity contribution in [3.05, 3.63) is 47.5 Å². The van der Waals surface area contributed by atoms with Gasteiger partial charge in [0.2, 0.25) is 0 Å². The maximum absolute atomic E-state index is 5.79. The molecule has 0 aromatic carbocycles. The zero-order chi connectivity index (χ0) is 14.8. The Labute approximate surface area is 150 Å². The number of aromatic nitrogens is 2. The van der Waals surface area contributed by atoms with Crippen molar-refractivity contribution < 1.29 is 0 Å². The van der Waals surface area contributed by atoms with Gasteiger partial charge in [0.15, 0.2) is 0 Å². The van der Waals surface area contributed by atoms with Gasteiger partial charge >= 0.3 is 0 Å². The van der Waals surface area contributed by atoms with Crippen LogP contribution in [0.4, 0.5) is 0 Å². The van der Waals surface area contributed by atoms with Gasteiger partial charge < -0.3 is 10.3 Å². The molecule has 1 saturated heterocycles. The van der Waals surface area contributed by atoms with Gasteiger partial charge in [0.05, 0.1) is 11.9 Å². The van der Waals surface area contributed by atoms with Crippen LogP contribution in [-0.2, 0) is 6.54 Å². The van der Waals surface area contributed by atoms with Crippen molar-refractivity contribution in [3.8, 4) is 5.69 Å². The lowest BCUT2D eigenvalue weighted by atomic mass is 10.1. The van der Waals surface area contributed by atoms with Crippen LogP contribution in [0, 0.1) is 19.8 Å². The summed E-state index contributed by atoms with van der Waals surface area (Å²) in [5.74, 6) is 0.673. The Bertz CT molecular complexity index is 613. The lowest BCUT2D eigenvalue weighted by Gasteiger charge is -2.16. The van der Waals surface area contributed by atoms with Gasteiger partial charge in [0.1, 0.15) is 0 Å². The Hall–Kier alpha value is -1.07. The highest BCUT2D eigenvalue weighted by Crippen LogP contribution is 2.24. The van der Waals surface area contributed by atoms with Gasteiger partial charge in [-0.2, -0.15) is 0 Å². The SMILES string of the molecule is Cc1cc(CN2CCC(CN)C2)c(C)n1-c1cccnc1.Cl.Cl. The Morgan fingerprint density at radius 2 is 2.09 bits per heavy atom. The van der Waals surface area contributed by atoms with Crippen molar-refractivity contribution in [2.75, 3.05) is 19.6 Å². The minimum atomic E-state index is 0. The minimum absolute atomic E-state index is 0. The molecule has 3 heterocycles. The molecule has 1 aliphatic rings. The zero-order valence-corrected chi connectivity index (χ0v) is 15.4. The van der Waals surface area contributed by atoms with Crippen LogP contribution in [0.2, 0.25) is 0 Å². The number of halogens is 2. The number of rotatable bonds is 4. The van der Waals surface area contributed by atoms with Crippen molar-refractivity contribution in [2.24, 2.45) is 11.7 Å². The fourth-order valence-electron chi connectivity index (χ4n) is 3.36. The summed E-state index contributed by atoms with van der Waals surface area (Å²) >= 11 is 0. The smallest absolute Gasteiger partial charge is 0.0638 e. The van der Waals surface area contributed by atoms with Crippen LogP contribution in [0.15, 0.2) is 30.6 Å². The van der Waals surface area contributed by atoms with Gasteiger partial charge in [-0.1, -0.05) is 0 Å². The van der Waals surface area contributed by atoms with E-state index in [0.717, 1.165) is 25.3 Å². The molecule has 0 saturated carbocycles. The van der Waals surface area contributed by atoms with Crippen LogP contribution in [-0.4, -0.2) is 34.1 Å². The second-order valence-corrected chi connectivity index (χ2v) is 6.07. The zero-order valence-electron chi connectivity index (χ0n) is 13.7. The van der Waals surface area contributed by atoms with E-state index in [9.17, 15) is 0 Å². The first-order valence-electron chi connectivity index (χ1n) is 7.69. The van der Waals surface area contributed by atoms with E-state index >= 15 is 0 Å². The van der Waals surface area contributed by atoms with Crippen LogP contribution in [0.25, 0.3) is 5.69 Å². The molecule has 1 atom stereocenters. The first kappa shape index (κ1) is 20.0. The number of pyridine rings is 1. The molecular weight excluding hydrogens is 331 g/mol. The maximum atomic E-state index is 5.79. The molecule has 0 spiro atoms. The second-order valence-electron chi connectivity index (χ2n) is 6.07. The standard InChI is InChI=1S/C17H24N4.2ClH/c1-13-8-16(12-20-7-5-15(9-18)11-20)14(2)21(13)17-4-3-6-19-10-17;;/h3-4,6,8,10,15H,5,7,9,11-12,18H2,1-2H3;2*1H. The molecule has 2 aromatic heterocycles. The second kappa shape index (κ2) is 8.69. The molecule has 4 nitrogen and oxygen atoms in total. The first-order valence-corrected chi connectivity index (χ1v) is 7.69. The predicted octanol–water partition coefficient (Wildman–Crippen LogP) is 3.11. The fraction of sp³-hybridized carbons (Fsp3) is 0.471. The minimum Gasteiger partial charge on any atom is -0.330 e. The van der Waals surface area contributed by atoms with Crippen LogP contribution >= 0.6 is 24.8 Å². The van der Waals surface area contributed by atoms with Gasteiger partial charge in [-0.05, 0) is 63.0 Å². The Balaban J connectivity index is 0.00000132. The summed E-state index contributed by atoms with van der Waals surface area (Å²) in [7, 11) is 0. The van der Waals surface area contributed by atoms with Crippen molar-refractivity contribution in [1.82, 2.24) is 14.5 Å². The largest absolute Gasteiger partial charge is 0.330 e. The Morgan fingerprint density at radius 3 is 2.70 bits per heavy atom. The average molecular weight is 357 g/mol. The van der Waals surface area contributed by atoms with Crippen LogP contribution in [0.1, 0.15) is 23.4 Å². The third-order valence-electron chi connectivity index (χ3n) is 4.54. The Kier molecular flexibility index (Phi) is 7.55. The number of hydrogen-bond acceptors (Lipinski definition) is 3. The van der Waals surface area contributed by atoms with Gasteiger partial charge in [0, 0.05) is 30.7 Å². The number of nitrogens with zero attached hydrogens (tertiary/aromatic N) is 3. The molecule has 2 aromatic rings. The third-order valence-corrected chi connectivity index (χ3v) is 4.54. The van der Waals surface area contributed by atoms with E-state index in [1.54, 1.807) is 0 Å². The van der Waals surface area contributed by atoms with E-state index in [2.05, 4.69) is 40.4 Å². The van der Waals surface area contributed by atoms with Gasteiger partial charge in [-0.25, -0.2) is 0 Å². The monoisotopic (exact) mass is 356 g/mol. The molecule has 0 radical (unpaired) electrons. The highest BCUT2D eigenvalue weighted by atomic mass is 35.5.